The Balaban J connectivity index is 1.52. The number of nitrogen functional groups attached to an aromatic ring is 1. The zero-order valence-corrected chi connectivity index (χ0v) is 19.3. The van der Waals surface area contributed by atoms with Gasteiger partial charge in [-0.25, -0.2) is 9.18 Å². The van der Waals surface area contributed by atoms with E-state index in [1.807, 2.05) is 0 Å². The second kappa shape index (κ2) is 9.23. The molecule has 2 atom stereocenters. The Morgan fingerprint density at radius 2 is 2.15 bits per heavy atom. The fourth-order valence-electron chi connectivity index (χ4n) is 4.34. The van der Waals surface area contributed by atoms with Gasteiger partial charge in [0, 0.05) is 35.7 Å². The van der Waals surface area contributed by atoms with E-state index in [1.54, 1.807) is 0 Å². The van der Waals surface area contributed by atoms with E-state index >= 15 is 0 Å². The number of nitrogens with zero attached hydrogens (tertiary/aromatic N) is 5. The van der Waals surface area contributed by atoms with Crippen molar-refractivity contribution in [3.8, 4) is 0 Å². The summed E-state index contributed by atoms with van der Waals surface area (Å²) in [7, 11) is 2.09. The van der Waals surface area contributed by atoms with Crippen molar-refractivity contribution in [2.24, 2.45) is 5.16 Å². The number of aromatic nitrogens is 2. The summed E-state index contributed by atoms with van der Waals surface area (Å²) < 4.78 is 17.1. The van der Waals surface area contributed by atoms with Crippen molar-refractivity contribution >= 4 is 51.9 Å². The first kappa shape index (κ1) is 23.4. The van der Waals surface area contributed by atoms with Gasteiger partial charge in [-0.15, -0.1) is 11.8 Å². The highest BCUT2D eigenvalue weighted by Gasteiger charge is 2.55. The predicted octanol–water partition coefficient (Wildman–Crippen LogP) is -0.253. The molecule has 2 fully saturated rings. The van der Waals surface area contributed by atoms with Gasteiger partial charge in [0.2, 0.25) is 11.5 Å². The van der Waals surface area contributed by atoms with Crippen LogP contribution in [0.5, 0.6) is 0 Å². The smallest absolute Gasteiger partial charge is 0.352 e. The number of fused-ring (bicyclic) bond motifs is 1. The minimum Gasteiger partial charge on any atom is -0.477 e. The lowest BCUT2D eigenvalue weighted by atomic mass is 10.0. The molecule has 0 aromatic carbocycles. The molecule has 2 saturated heterocycles. The molecule has 0 spiro atoms. The van der Waals surface area contributed by atoms with Crippen LogP contribution in [-0.2, 0) is 19.2 Å². The average Bonchev–Trinajstić information content (AvgIpc) is 3.40. The monoisotopic (exact) mass is 500 g/mol. The number of likely N-dealkylation sites (tertiary alicyclic amines) is 1. The minimum absolute atomic E-state index is 0.0101. The van der Waals surface area contributed by atoms with Crippen molar-refractivity contribution in [1.29, 1.82) is 0 Å². The number of nitrogens with two attached hydrogens (primary N) is 1. The Kier molecular flexibility index (Phi) is 6.54. The summed E-state index contributed by atoms with van der Waals surface area (Å²) >= 11 is 2.20. The highest BCUT2D eigenvalue weighted by Crippen LogP contribution is 2.41. The standard InChI is InChI=1S/C18H22FN7O5S2/c1-26(4-2-3-5-26)6-9-7-32-16-11(15(28)25(16)12(9)17(29)30)21-14(27)10(23-31-8-19)13-22-18(20)33-24-13/h11,16H,2-8H2,1H3,(H3-,20,21,22,24,27,29,30)/p+1/t11-,16+/m1/s1. The van der Waals surface area contributed by atoms with Crippen LogP contribution >= 0.6 is 23.3 Å². The number of alkyl halides is 1. The van der Waals surface area contributed by atoms with Crippen LogP contribution in [0.2, 0.25) is 0 Å². The number of hydrogen-bond acceptors (Lipinski definition) is 10. The van der Waals surface area contributed by atoms with Crippen LogP contribution in [0.1, 0.15) is 18.7 Å². The Hall–Kier alpha value is -2.78. The van der Waals surface area contributed by atoms with Crippen molar-refractivity contribution in [3.63, 3.8) is 0 Å². The third-order valence-electron chi connectivity index (χ3n) is 5.83. The molecule has 12 nitrogen and oxygen atoms in total. The average molecular weight is 501 g/mol. The van der Waals surface area contributed by atoms with E-state index in [-0.39, 0.29) is 16.7 Å². The van der Waals surface area contributed by atoms with Gasteiger partial charge in [-0.1, -0.05) is 5.16 Å². The molecule has 1 aromatic rings. The number of thioether (sulfide) groups is 1. The van der Waals surface area contributed by atoms with Crippen molar-refractivity contribution in [3.05, 3.63) is 17.1 Å². The van der Waals surface area contributed by atoms with Gasteiger partial charge in [0.1, 0.15) is 23.7 Å². The lowest BCUT2D eigenvalue weighted by Gasteiger charge is -2.49. The molecule has 4 heterocycles. The lowest BCUT2D eigenvalue weighted by Crippen LogP contribution is -2.71. The summed E-state index contributed by atoms with van der Waals surface area (Å²) in [5, 5.41) is 15.3. The molecular weight excluding hydrogens is 477 g/mol. The van der Waals surface area contributed by atoms with Gasteiger partial charge >= 0.3 is 5.97 Å². The Bertz CT molecular complexity index is 1040. The first-order valence-electron chi connectivity index (χ1n) is 10.1. The van der Waals surface area contributed by atoms with Crippen molar-refractivity contribution in [1.82, 2.24) is 19.6 Å². The highest BCUT2D eigenvalue weighted by molar-refractivity contribution is 8.00. The number of carbonyl (C=O) groups is 3. The molecule has 0 aliphatic carbocycles. The van der Waals surface area contributed by atoms with Crippen LogP contribution < -0.4 is 11.1 Å². The maximum atomic E-state index is 12.9. The molecule has 1 aromatic heterocycles. The van der Waals surface area contributed by atoms with Crippen LogP contribution in [0, 0.1) is 0 Å². The largest absolute Gasteiger partial charge is 0.477 e. The zero-order chi connectivity index (χ0) is 23.8. The number of rotatable bonds is 8. The predicted molar refractivity (Wildman–Crippen MR) is 118 cm³/mol. The van der Waals surface area contributed by atoms with E-state index in [0.717, 1.165) is 41.9 Å². The number of carboxylic acids is 1. The highest BCUT2D eigenvalue weighted by atomic mass is 32.2. The molecule has 0 saturated carbocycles. The number of hydrogen-bond donors (Lipinski definition) is 3. The molecule has 4 N–H and O–H groups in total. The number of quaternary nitrogens is 1. The quantitative estimate of drug-likeness (QED) is 0.189. The van der Waals surface area contributed by atoms with Crippen molar-refractivity contribution < 1.29 is 33.2 Å². The molecule has 3 aliphatic rings. The van der Waals surface area contributed by atoms with Gasteiger partial charge in [0.15, 0.2) is 5.13 Å². The molecule has 3 aliphatic heterocycles. The van der Waals surface area contributed by atoms with Gasteiger partial charge in [-0.3, -0.25) is 14.5 Å². The number of likely N-dealkylation sites (N-methyl/N-ethyl adjacent to an activating group) is 1. The number of β-lactam (4-membered cyclic amide) rings is 1. The number of halogens is 1. The number of carboxylic acid groups (broad SMARTS) is 1. The summed E-state index contributed by atoms with van der Waals surface area (Å²) in [6.07, 6.45) is 2.18. The lowest BCUT2D eigenvalue weighted by molar-refractivity contribution is -0.893. The molecule has 0 unspecified atom stereocenters. The summed E-state index contributed by atoms with van der Waals surface area (Å²) in [5.41, 5.74) is 5.80. The molecular formula is C18H23FN7O5S2+. The second-order valence-electron chi connectivity index (χ2n) is 8.18. The van der Waals surface area contributed by atoms with E-state index in [1.165, 1.54) is 16.7 Å². The molecule has 178 valence electrons. The van der Waals surface area contributed by atoms with Gasteiger partial charge < -0.3 is 25.5 Å². The summed E-state index contributed by atoms with van der Waals surface area (Å²) in [4.78, 5) is 47.1. The molecule has 15 heteroatoms. The number of amides is 2. The van der Waals surface area contributed by atoms with Crippen molar-refractivity contribution in [2.45, 2.75) is 24.3 Å². The number of aliphatic carboxylic acids is 1. The molecule has 4 rings (SSSR count). The van der Waals surface area contributed by atoms with E-state index < -0.39 is 41.8 Å². The third kappa shape index (κ3) is 4.52. The Labute approximate surface area is 196 Å². The minimum atomic E-state index is -1.28. The van der Waals surface area contributed by atoms with Gasteiger partial charge in [-0.2, -0.15) is 9.36 Å². The van der Waals surface area contributed by atoms with Crippen LogP contribution in [0.25, 0.3) is 0 Å². The number of carbonyl (C=O) groups excluding carboxylic acids is 2. The normalized spacial score (nSPS) is 24.4. The number of anilines is 1. The first-order chi connectivity index (χ1) is 15.7. The molecule has 0 radical (unpaired) electrons. The fourth-order valence-corrected chi connectivity index (χ4v) is 6.11. The van der Waals surface area contributed by atoms with Crippen molar-refractivity contribution in [2.75, 3.05) is 45.0 Å². The number of oxime groups is 1. The maximum Gasteiger partial charge on any atom is 0.352 e. The van der Waals surface area contributed by atoms with Crippen LogP contribution in [0.3, 0.4) is 0 Å². The summed E-state index contributed by atoms with van der Waals surface area (Å²) in [6, 6.07) is -0.985. The van der Waals surface area contributed by atoms with Gasteiger partial charge in [-0.05, 0) is 0 Å². The zero-order valence-electron chi connectivity index (χ0n) is 17.7. The SMILES string of the molecule is C[N+]1(CC2=C(C(=O)O)N3C(=O)[C@@H](NC(=O)C(=NOCF)c4nsc(N)n4)[C@@H]3SC2)CCCC1. The third-order valence-corrected chi connectivity index (χ3v) is 7.71. The van der Waals surface area contributed by atoms with E-state index in [2.05, 4.69) is 31.7 Å². The number of nitrogens with one attached hydrogen (secondary N) is 1. The molecule has 33 heavy (non-hydrogen) atoms. The van der Waals surface area contributed by atoms with E-state index in [0.29, 0.717) is 17.9 Å². The van der Waals surface area contributed by atoms with Crippen LogP contribution in [-0.4, -0.2) is 98.1 Å². The van der Waals surface area contributed by atoms with Gasteiger partial charge in [0.05, 0.1) is 20.1 Å². The van der Waals surface area contributed by atoms with Crippen LogP contribution in [0.4, 0.5) is 9.52 Å². The summed E-state index contributed by atoms with van der Waals surface area (Å²) in [6.45, 7) is 1.22. The van der Waals surface area contributed by atoms with Gasteiger partial charge in [0.25, 0.3) is 18.7 Å². The van der Waals surface area contributed by atoms with E-state index in [4.69, 9.17) is 5.73 Å². The Morgan fingerprint density at radius 1 is 1.42 bits per heavy atom. The second-order valence-corrected chi connectivity index (χ2v) is 10.1. The van der Waals surface area contributed by atoms with Crippen LogP contribution in [0.15, 0.2) is 16.4 Å². The topological polar surface area (TPSA) is 160 Å². The molecule has 2 amide bonds. The first-order valence-corrected chi connectivity index (χ1v) is 12.0. The fraction of sp³-hybridized carbons (Fsp3) is 0.556. The Morgan fingerprint density at radius 3 is 2.76 bits per heavy atom. The molecule has 0 bridgehead atoms. The maximum absolute atomic E-state index is 12.9. The van der Waals surface area contributed by atoms with E-state index in [9.17, 15) is 23.9 Å². The summed E-state index contributed by atoms with van der Waals surface area (Å²) in [5.74, 6) is -2.30.